The largest absolute Gasteiger partial charge is 0.377 e. The van der Waals surface area contributed by atoms with Gasteiger partial charge in [0.25, 0.3) is 0 Å². The van der Waals surface area contributed by atoms with Gasteiger partial charge in [0, 0.05) is 61.8 Å². The first-order valence-electron chi connectivity index (χ1n) is 8.06. The maximum Gasteiger partial charge on any atom is 0.125 e. The van der Waals surface area contributed by atoms with Crippen molar-refractivity contribution in [1.82, 2.24) is 24.8 Å². The monoisotopic (exact) mass is 311 g/mol. The van der Waals surface area contributed by atoms with Gasteiger partial charge in [-0.15, -0.1) is 0 Å². The van der Waals surface area contributed by atoms with Crippen molar-refractivity contribution >= 4 is 0 Å². The smallest absolute Gasteiger partial charge is 0.125 e. The molecule has 2 saturated heterocycles. The molecule has 0 bridgehead atoms. The van der Waals surface area contributed by atoms with Crippen molar-refractivity contribution in [2.45, 2.75) is 32.4 Å². The molecule has 2 aliphatic rings. The summed E-state index contributed by atoms with van der Waals surface area (Å²) in [7, 11) is 0. The predicted molar refractivity (Wildman–Crippen MR) is 84.6 cm³/mol. The molecule has 2 aromatic rings. The zero-order valence-corrected chi connectivity index (χ0v) is 13.4. The third-order valence-electron chi connectivity index (χ3n) is 4.72. The normalized spacial score (nSPS) is 23.1. The summed E-state index contributed by atoms with van der Waals surface area (Å²) in [6.07, 6.45) is 11.5. The Bertz CT molecular complexity index is 654. The van der Waals surface area contributed by atoms with Gasteiger partial charge in [0.15, 0.2) is 0 Å². The lowest BCUT2D eigenvalue weighted by Gasteiger charge is -2.47. The lowest BCUT2D eigenvalue weighted by molar-refractivity contribution is -0.0141. The Morgan fingerprint density at radius 3 is 2.61 bits per heavy atom. The molecular formula is C17H21N5O. The van der Waals surface area contributed by atoms with Crippen LogP contribution < -0.4 is 0 Å². The number of aryl methyl sites for hydroxylation is 1. The van der Waals surface area contributed by atoms with Crippen LogP contribution in [0.3, 0.4) is 0 Å². The van der Waals surface area contributed by atoms with Gasteiger partial charge in [-0.25, -0.2) is 19.9 Å². The second-order valence-electron chi connectivity index (χ2n) is 6.87. The SMILES string of the molecule is Cc1ncc(CN2CC3(CO[C@H](Cc4cncnc4)C3)C2)cn1. The van der Waals surface area contributed by atoms with E-state index in [-0.39, 0.29) is 0 Å². The third-order valence-corrected chi connectivity index (χ3v) is 4.72. The quantitative estimate of drug-likeness (QED) is 0.850. The van der Waals surface area contributed by atoms with E-state index in [0.717, 1.165) is 50.5 Å². The zero-order chi connectivity index (χ0) is 15.7. The van der Waals surface area contributed by atoms with Gasteiger partial charge in [-0.05, 0) is 18.9 Å². The molecule has 6 heteroatoms. The van der Waals surface area contributed by atoms with Gasteiger partial charge in [-0.3, -0.25) is 4.90 Å². The molecule has 0 amide bonds. The van der Waals surface area contributed by atoms with Gasteiger partial charge in [0.05, 0.1) is 12.7 Å². The van der Waals surface area contributed by atoms with Gasteiger partial charge >= 0.3 is 0 Å². The van der Waals surface area contributed by atoms with Crippen molar-refractivity contribution in [3.05, 3.63) is 48.1 Å². The van der Waals surface area contributed by atoms with E-state index in [1.165, 1.54) is 5.56 Å². The minimum Gasteiger partial charge on any atom is -0.377 e. The van der Waals surface area contributed by atoms with Crippen molar-refractivity contribution in [3.8, 4) is 0 Å². The zero-order valence-electron chi connectivity index (χ0n) is 13.4. The highest BCUT2D eigenvalue weighted by atomic mass is 16.5. The van der Waals surface area contributed by atoms with Crippen molar-refractivity contribution in [2.75, 3.05) is 19.7 Å². The van der Waals surface area contributed by atoms with E-state index < -0.39 is 0 Å². The standard InChI is InChI=1S/C17H21N5O/c1-13-20-6-15(7-21-13)8-22-9-17(10-22)3-16(23-11-17)2-14-4-18-12-19-5-14/h4-7,12,16H,2-3,8-11H2,1H3/t16-/m1/s1. The van der Waals surface area contributed by atoms with Gasteiger partial charge in [0.1, 0.15) is 12.2 Å². The molecule has 0 aliphatic carbocycles. The second kappa shape index (κ2) is 5.94. The number of likely N-dealkylation sites (tertiary alicyclic amines) is 1. The number of hydrogen-bond acceptors (Lipinski definition) is 6. The Morgan fingerprint density at radius 2 is 1.87 bits per heavy atom. The number of nitrogens with zero attached hydrogens (tertiary/aromatic N) is 5. The van der Waals surface area contributed by atoms with Crippen LogP contribution in [0.1, 0.15) is 23.4 Å². The predicted octanol–water partition coefficient (Wildman–Crippen LogP) is 1.41. The molecule has 0 N–H and O–H groups in total. The van der Waals surface area contributed by atoms with E-state index in [9.17, 15) is 0 Å². The highest BCUT2D eigenvalue weighted by Crippen LogP contribution is 2.42. The van der Waals surface area contributed by atoms with Gasteiger partial charge in [-0.2, -0.15) is 0 Å². The fourth-order valence-corrected chi connectivity index (χ4v) is 3.72. The van der Waals surface area contributed by atoms with Crippen LogP contribution in [-0.4, -0.2) is 50.6 Å². The third kappa shape index (κ3) is 3.23. The maximum absolute atomic E-state index is 6.02. The van der Waals surface area contributed by atoms with Gasteiger partial charge in [0.2, 0.25) is 0 Å². The molecule has 23 heavy (non-hydrogen) atoms. The number of aromatic nitrogens is 4. The minimum absolute atomic E-state index is 0.297. The fraction of sp³-hybridized carbons (Fsp3) is 0.529. The van der Waals surface area contributed by atoms with Crippen LogP contribution in [0.25, 0.3) is 0 Å². The fourth-order valence-electron chi connectivity index (χ4n) is 3.72. The van der Waals surface area contributed by atoms with Crippen molar-refractivity contribution in [3.63, 3.8) is 0 Å². The minimum atomic E-state index is 0.297. The van der Waals surface area contributed by atoms with Crippen LogP contribution in [0.2, 0.25) is 0 Å². The molecule has 2 aliphatic heterocycles. The molecule has 0 unspecified atom stereocenters. The van der Waals surface area contributed by atoms with Crippen LogP contribution in [0, 0.1) is 12.3 Å². The Hall–Kier alpha value is -1.92. The van der Waals surface area contributed by atoms with E-state index in [4.69, 9.17) is 4.74 Å². The van der Waals surface area contributed by atoms with E-state index >= 15 is 0 Å². The molecule has 0 saturated carbocycles. The summed E-state index contributed by atoms with van der Waals surface area (Å²) >= 11 is 0. The average molecular weight is 311 g/mol. The Morgan fingerprint density at radius 1 is 1.13 bits per heavy atom. The second-order valence-corrected chi connectivity index (χ2v) is 6.87. The van der Waals surface area contributed by atoms with Crippen LogP contribution in [0.15, 0.2) is 31.1 Å². The molecule has 0 radical (unpaired) electrons. The summed E-state index contributed by atoms with van der Waals surface area (Å²) in [5.41, 5.74) is 2.68. The first kappa shape index (κ1) is 14.7. The van der Waals surface area contributed by atoms with Crippen LogP contribution >= 0.6 is 0 Å². The number of hydrogen-bond donors (Lipinski definition) is 0. The van der Waals surface area contributed by atoms with Crippen molar-refractivity contribution < 1.29 is 4.74 Å². The van der Waals surface area contributed by atoms with E-state index in [0.29, 0.717) is 11.5 Å². The maximum atomic E-state index is 6.02. The molecule has 4 rings (SSSR count). The molecule has 0 aromatic carbocycles. The van der Waals surface area contributed by atoms with E-state index in [1.54, 1.807) is 6.33 Å². The summed E-state index contributed by atoms with van der Waals surface area (Å²) in [4.78, 5) is 19.1. The van der Waals surface area contributed by atoms with Crippen molar-refractivity contribution in [2.24, 2.45) is 5.41 Å². The van der Waals surface area contributed by atoms with Crippen LogP contribution in [0.4, 0.5) is 0 Å². The van der Waals surface area contributed by atoms with E-state index in [1.807, 2.05) is 31.7 Å². The first-order valence-corrected chi connectivity index (χ1v) is 8.06. The summed E-state index contributed by atoms with van der Waals surface area (Å²) in [6.45, 7) is 5.91. The molecule has 1 atom stereocenters. The molecule has 120 valence electrons. The summed E-state index contributed by atoms with van der Waals surface area (Å²) < 4.78 is 6.02. The van der Waals surface area contributed by atoms with Gasteiger partial charge in [-0.1, -0.05) is 0 Å². The Labute approximate surface area is 136 Å². The van der Waals surface area contributed by atoms with Crippen molar-refractivity contribution in [1.29, 1.82) is 0 Å². The molecule has 2 fully saturated rings. The number of ether oxygens (including phenoxy) is 1. The topological polar surface area (TPSA) is 64.0 Å². The summed E-state index contributed by atoms with van der Waals surface area (Å²) in [5, 5.41) is 0. The summed E-state index contributed by atoms with van der Waals surface area (Å²) in [6, 6.07) is 0. The first-order chi connectivity index (χ1) is 11.2. The molecular weight excluding hydrogens is 290 g/mol. The lowest BCUT2D eigenvalue weighted by Crippen LogP contribution is -2.56. The van der Waals surface area contributed by atoms with Crippen LogP contribution in [0.5, 0.6) is 0 Å². The Balaban J connectivity index is 1.28. The number of rotatable bonds is 4. The Kier molecular flexibility index (Phi) is 3.79. The average Bonchev–Trinajstić information content (AvgIpc) is 2.94. The molecule has 2 aromatic heterocycles. The molecule has 1 spiro atoms. The van der Waals surface area contributed by atoms with Gasteiger partial charge < -0.3 is 4.74 Å². The summed E-state index contributed by atoms with van der Waals surface area (Å²) in [5.74, 6) is 0.825. The lowest BCUT2D eigenvalue weighted by atomic mass is 9.77. The highest BCUT2D eigenvalue weighted by molar-refractivity contribution is 5.10. The highest BCUT2D eigenvalue weighted by Gasteiger charge is 2.48. The molecule has 4 heterocycles. The molecule has 6 nitrogen and oxygen atoms in total. The van der Waals surface area contributed by atoms with E-state index in [2.05, 4.69) is 24.8 Å². The van der Waals surface area contributed by atoms with Crippen LogP contribution in [-0.2, 0) is 17.7 Å².